The number of rotatable bonds is 4. The Morgan fingerprint density at radius 1 is 1.33 bits per heavy atom. The highest BCUT2D eigenvalue weighted by Gasteiger charge is 2.25. The lowest BCUT2D eigenvalue weighted by Gasteiger charge is -2.18. The van der Waals surface area contributed by atoms with E-state index in [1.807, 2.05) is 0 Å². The van der Waals surface area contributed by atoms with Gasteiger partial charge in [-0.15, -0.1) is 0 Å². The number of anilines is 1. The molecule has 96 valence electrons. The van der Waals surface area contributed by atoms with Crippen molar-refractivity contribution in [2.45, 2.75) is 32.2 Å². The van der Waals surface area contributed by atoms with E-state index in [4.69, 9.17) is 23.2 Å². The zero-order chi connectivity index (χ0) is 12.7. The van der Waals surface area contributed by atoms with Gasteiger partial charge in [-0.25, -0.2) is 0 Å². The highest BCUT2D eigenvalue weighted by atomic mass is 35.5. The molecule has 0 bridgehead atoms. The second-order valence-electron chi connectivity index (χ2n) is 4.90. The minimum absolute atomic E-state index is 0.390. The van der Waals surface area contributed by atoms with Gasteiger partial charge >= 0.3 is 0 Å². The van der Waals surface area contributed by atoms with Gasteiger partial charge < -0.3 is 5.32 Å². The lowest BCUT2D eigenvalue weighted by Crippen LogP contribution is -2.16. The van der Waals surface area contributed by atoms with Crippen LogP contribution in [-0.4, -0.2) is 6.04 Å². The van der Waals surface area contributed by atoms with Gasteiger partial charge in [0.05, 0.1) is 27.1 Å². The van der Waals surface area contributed by atoms with Crippen LogP contribution in [0.15, 0.2) is 14.8 Å². The molecule has 1 aliphatic heterocycles. The average Bonchev–Trinajstić information content (AvgIpc) is 2.97. The van der Waals surface area contributed by atoms with E-state index in [1.54, 1.807) is 6.07 Å². The molecule has 0 saturated heterocycles. The quantitative estimate of drug-likeness (QED) is 0.815. The Morgan fingerprint density at radius 3 is 2.78 bits per heavy atom. The lowest BCUT2D eigenvalue weighted by atomic mass is 10.1. The topological polar surface area (TPSA) is 36.8 Å². The van der Waals surface area contributed by atoms with Crippen LogP contribution in [0.5, 0.6) is 0 Å². The van der Waals surface area contributed by atoms with Gasteiger partial charge in [-0.1, -0.05) is 36.0 Å². The summed E-state index contributed by atoms with van der Waals surface area (Å²) in [6.45, 7) is 2.18. The van der Waals surface area contributed by atoms with Crippen LogP contribution in [0.25, 0.3) is 0 Å². The average molecular weight is 302 g/mol. The maximum absolute atomic E-state index is 6.25. The Bertz CT molecular complexity index is 563. The fraction of sp³-hybridized carbons (Fsp3) is 0.500. The molecule has 0 amide bonds. The summed E-state index contributed by atoms with van der Waals surface area (Å²) in [5.74, 6) is 0.877. The van der Waals surface area contributed by atoms with E-state index in [9.17, 15) is 0 Å². The van der Waals surface area contributed by atoms with Crippen LogP contribution in [0, 0.1) is 5.92 Å². The monoisotopic (exact) mass is 301 g/mol. The summed E-state index contributed by atoms with van der Waals surface area (Å²) < 4.78 is 8.49. The summed E-state index contributed by atoms with van der Waals surface area (Å²) in [6, 6.07) is 2.13. The van der Waals surface area contributed by atoms with Gasteiger partial charge in [0.1, 0.15) is 11.4 Å². The summed E-state index contributed by atoms with van der Waals surface area (Å²) in [4.78, 5) is 0. The molecule has 0 aromatic heterocycles. The van der Waals surface area contributed by atoms with E-state index in [0.29, 0.717) is 16.1 Å². The number of hydrogen-bond acceptors (Lipinski definition) is 3. The molecule has 1 atom stereocenters. The van der Waals surface area contributed by atoms with E-state index in [2.05, 4.69) is 21.0 Å². The van der Waals surface area contributed by atoms with Gasteiger partial charge in [0, 0.05) is 6.04 Å². The Labute approximate surface area is 120 Å². The molecule has 1 aromatic carbocycles. The first-order valence-corrected chi connectivity index (χ1v) is 7.50. The van der Waals surface area contributed by atoms with Gasteiger partial charge in [-0.05, 0) is 25.3 Å². The predicted molar refractivity (Wildman–Crippen MR) is 78.4 cm³/mol. The van der Waals surface area contributed by atoms with Gasteiger partial charge in [0.2, 0.25) is 0 Å². The fourth-order valence-corrected chi connectivity index (χ4v) is 3.34. The molecule has 1 N–H and O–H groups in total. The number of fused-ring (bicyclic) bond motifs is 1. The zero-order valence-corrected chi connectivity index (χ0v) is 12.2. The van der Waals surface area contributed by atoms with Crippen LogP contribution in [-0.2, 0) is 11.4 Å². The molecule has 1 aromatic rings. The smallest absolute Gasteiger partial charge is 0.130 e. The van der Waals surface area contributed by atoms with Gasteiger partial charge in [-0.3, -0.25) is 0 Å². The van der Waals surface area contributed by atoms with E-state index in [0.717, 1.165) is 34.3 Å². The molecule has 1 saturated carbocycles. The zero-order valence-electron chi connectivity index (χ0n) is 9.91. The summed E-state index contributed by atoms with van der Waals surface area (Å²) in [7, 11) is 0. The summed E-state index contributed by atoms with van der Waals surface area (Å²) >= 11 is 13.5. The van der Waals surface area contributed by atoms with E-state index in [-0.39, 0.29) is 0 Å². The van der Waals surface area contributed by atoms with Gasteiger partial charge in [-0.2, -0.15) is 8.73 Å². The molecule has 18 heavy (non-hydrogen) atoms. The van der Waals surface area contributed by atoms with E-state index < -0.39 is 0 Å². The van der Waals surface area contributed by atoms with Gasteiger partial charge in [0.25, 0.3) is 0 Å². The number of halogens is 2. The van der Waals surface area contributed by atoms with Crippen LogP contribution in [0.1, 0.15) is 26.2 Å². The Hall–Kier alpha value is -0.580. The third-order valence-electron chi connectivity index (χ3n) is 3.22. The first kappa shape index (κ1) is 12.5. The molecule has 6 heteroatoms. The molecule has 1 aliphatic carbocycles. The molecule has 0 radical (unpaired) electrons. The minimum Gasteiger partial charge on any atom is -0.380 e. The van der Waals surface area contributed by atoms with Crippen LogP contribution in [0.2, 0.25) is 10.0 Å². The fourth-order valence-electron chi connectivity index (χ4n) is 2.17. The second-order valence-corrected chi connectivity index (χ2v) is 6.24. The number of hydrogen-bond donors (Lipinski definition) is 1. The Kier molecular flexibility index (Phi) is 3.34. The van der Waals surface area contributed by atoms with Crippen LogP contribution >= 0.6 is 23.2 Å². The van der Waals surface area contributed by atoms with Crippen LogP contribution < -0.4 is 5.32 Å². The van der Waals surface area contributed by atoms with Gasteiger partial charge in [0.15, 0.2) is 0 Å². The van der Waals surface area contributed by atoms with Crippen molar-refractivity contribution in [2.24, 2.45) is 14.6 Å². The molecular weight excluding hydrogens is 289 g/mol. The third-order valence-corrected chi connectivity index (χ3v) is 4.33. The molecule has 3 nitrogen and oxygen atoms in total. The number of nitrogens with zero attached hydrogens (tertiary/aromatic N) is 2. The summed E-state index contributed by atoms with van der Waals surface area (Å²) in [6.07, 6.45) is 3.89. The Balaban J connectivity index is 1.87. The molecular formula is C12H13Cl2N3S. The number of benzene rings is 1. The third kappa shape index (κ3) is 2.42. The molecule has 0 spiro atoms. The largest absolute Gasteiger partial charge is 0.380 e. The van der Waals surface area contributed by atoms with E-state index in [1.165, 1.54) is 19.3 Å². The lowest BCUT2D eigenvalue weighted by molar-refractivity contribution is 0.642. The maximum Gasteiger partial charge on any atom is 0.130 e. The van der Waals surface area contributed by atoms with Crippen molar-refractivity contribution in [3.8, 4) is 0 Å². The van der Waals surface area contributed by atoms with Crippen molar-refractivity contribution >= 4 is 51.6 Å². The van der Waals surface area contributed by atoms with Crippen molar-refractivity contribution in [1.82, 2.24) is 0 Å². The predicted octanol–water partition coefficient (Wildman–Crippen LogP) is 5.32. The molecule has 3 rings (SSSR count). The molecule has 1 fully saturated rings. The highest BCUT2D eigenvalue weighted by molar-refractivity contribution is 7.58. The normalized spacial score (nSPS) is 18.4. The first-order valence-electron chi connectivity index (χ1n) is 6.02. The van der Waals surface area contributed by atoms with Crippen LogP contribution in [0.4, 0.5) is 17.1 Å². The molecule has 2 aliphatic rings. The van der Waals surface area contributed by atoms with Crippen molar-refractivity contribution in [3.05, 3.63) is 16.1 Å². The molecule has 1 heterocycles. The summed E-state index contributed by atoms with van der Waals surface area (Å²) in [5.41, 5.74) is 2.37. The first-order chi connectivity index (χ1) is 8.65. The van der Waals surface area contributed by atoms with E-state index >= 15 is 0 Å². The minimum atomic E-state index is 0.390. The summed E-state index contributed by atoms with van der Waals surface area (Å²) in [5, 5.41) is 4.62. The second kappa shape index (κ2) is 4.83. The standard InChI is InChI=1S/C12H13Cl2N3S/c1-6(4-7-2-3-7)15-10-8(13)5-9(14)11-12(10)17-18-16-11/h5-7,15H,2-4H2,1H3. The van der Waals surface area contributed by atoms with Crippen molar-refractivity contribution in [2.75, 3.05) is 5.32 Å². The van der Waals surface area contributed by atoms with Crippen molar-refractivity contribution in [1.29, 1.82) is 0 Å². The number of nitrogens with one attached hydrogen (secondary N) is 1. The molecule has 1 unspecified atom stereocenters. The SMILES string of the molecule is CC(CC1CC1)Nc1c(Cl)cc(Cl)c2c1N=S=N2. The van der Waals surface area contributed by atoms with Crippen LogP contribution in [0.3, 0.4) is 0 Å². The Morgan fingerprint density at radius 2 is 2.06 bits per heavy atom. The van der Waals surface area contributed by atoms with Crippen molar-refractivity contribution < 1.29 is 0 Å². The maximum atomic E-state index is 6.25. The van der Waals surface area contributed by atoms with Crippen molar-refractivity contribution in [3.63, 3.8) is 0 Å². The highest BCUT2D eigenvalue weighted by Crippen LogP contribution is 2.48.